The highest BCUT2D eigenvalue weighted by molar-refractivity contribution is 5.96. The van der Waals surface area contributed by atoms with Gasteiger partial charge in [0.05, 0.1) is 0 Å². The Bertz CT molecular complexity index is 737. The molecule has 6 heteroatoms. The van der Waals surface area contributed by atoms with E-state index in [1.807, 2.05) is 19.1 Å². The quantitative estimate of drug-likeness (QED) is 0.737. The molecular weight excluding hydrogens is 298 g/mol. The van der Waals surface area contributed by atoms with Gasteiger partial charge in [-0.05, 0) is 43.7 Å². The predicted molar refractivity (Wildman–Crippen MR) is 85.1 cm³/mol. The van der Waals surface area contributed by atoms with Crippen LogP contribution in [0, 0.1) is 13.8 Å². The van der Waals surface area contributed by atoms with Gasteiger partial charge in [0.2, 0.25) is 0 Å². The predicted octanol–water partition coefficient (Wildman–Crippen LogP) is 2.72. The van der Waals surface area contributed by atoms with Crippen molar-refractivity contribution in [3.63, 3.8) is 0 Å². The Kier molecular flexibility index (Phi) is 4.85. The first-order valence-corrected chi connectivity index (χ1v) is 6.93. The van der Waals surface area contributed by atoms with Crippen molar-refractivity contribution in [2.45, 2.75) is 13.8 Å². The highest BCUT2D eigenvalue weighted by Crippen LogP contribution is 2.26. The topological polar surface area (TPSA) is 95.9 Å². The standard InChI is InChI=1S/C17H17NO5/c1-10-3-5-13(6-4-10)23-9-15(19)18-12-7-11(2)16(20)14(8-12)17(21)22/h3-8,20H,9H2,1-2H3,(H,18,19)(H,21,22). The van der Waals surface area contributed by atoms with Crippen molar-refractivity contribution in [2.75, 3.05) is 11.9 Å². The maximum absolute atomic E-state index is 11.9. The van der Waals surface area contributed by atoms with Crippen LogP contribution in [0.1, 0.15) is 21.5 Å². The number of anilines is 1. The zero-order chi connectivity index (χ0) is 17.0. The highest BCUT2D eigenvalue weighted by atomic mass is 16.5. The molecule has 0 heterocycles. The second kappa shape index (κ2) is 6.83. The van der Waals surface area contributed by atoms with Crippen LogP contribution in [0.3, 0.4) is 0 Å². The number of hydrogen-bond donors (Lipinski definition) is 3. The lowest BCUT2D eigenvalue weighted by Gasteiger charge is -2.10. The van der Waals surface area contributed by atoms with Crippen LogP contribution in [-0.2, 0) is 4.79 Å². The maximum Gasteiger partial charge on any atom is 0.339 e. The van der Waals surface area contributed by atoms with Crippen LogP contribution in [0.4, 0.5) is 5.69 Å². The number of aryl methyl sites for hydroxylation is 2. The average Bonchev–Trinajstić information content (AvgIpc) is 2.50. The number of amides is 1. The molecule has 0 aliphatic rings. The summed E-state index contributed by atoms with van der Waals surface area (Å²) in [6, 6.07) is 9.96. The molecule has 6 nitrogen and oxygen atoms in total. The van der Waals surface area contributed by atoms with Gasteiger partial charge < -0.3 is 20.3 Å². The third-order valence-electron chi connectivity index (χ3n) is 3.21. The monoisotopic (exact) mass is 315 g/mol. The summed E-state index contributed by atoms with van der Waals surface area (Å²) in [4.78, 5) is 22.9. The lowest BCUT2D eigenvalue weighted by atomic mass is 10.1. The molecule has 2 aromatic rings. The molecule has 0 atom stereocenters. The van der Waals surface area contributed by atoms with Crippen LogP contribution >= 0.6 is 0 Å². The average molecular weight is 315 g/mol. The summed E-state index contributed by atoms with van der Waals surface area (Å²) in [5.41, 5.74) is 1.47. The van der Waals surface area contributed by atoms with Gasteiger partial charge in [0.25, 0.3) is 5.91 Å². The minimum atomic E-state index is -1.27. The summed E-state index contributed by atoms with van der Waals surface area (Å²) in [5, 5.41) is 21.3. The van der Waals surface area contributed by atoms with Crippen molar-refractivity contribution in [2.24, 2.45) is 0 Å². The van der Waals surface area contributed by atoms with E-state index in [1.54, 1.807) is 19.1 Å². The number of nitrogens with one attached hydrogen (secondary N) is 1. The molecule has 0 saturated carbocycles. The molecule has 120 valence electrons. The van der Waals surface area contributed by atoms with Crippen molar-refractivity contribution in [3.8, 4) is 11.5 Å². The minimum Gasteiger partial charge on any atom is -0.507 e. The van der Waals surface area contributed by atoms with Crippen LogP contribution in [-0.4, -0.2) is 28.7 Å². The molecule has 2 rings (SSSR count). The second-order valence-electron chi connectivity index (χ2n) is 5.14. The van der Waals surface area contributed by atoms with Crippen molar-refractivity contribution in [1.82, 2.24) is 0 Å². The summed E-state index contributed by atoms with van der Waals surface area (Å²) >= 11 is 0. The summed E-state index contributed by atoms with van der Waals surface area (Å²) in [5.74, 6) is -1.44. The Balaban J connectivity index is 2.02. The van der Waals surface area contributed by atoms with Crippen LogP contribution in [0.25, 0.3) is 0 Å². The first kappa shape index (κ1) is 16.4. The van der Waals surface area contributed by atoms with Crippen LogP contribution in [0.5, 0.6) is 11.5 Å². The summed E-state index contributed by atoms with van der Waals surface area (Å²) in [6.07, 6.45) is 0. The van der Waals surface area contributed by atoms with Crippen LogP contribution < -0.4 is 10.1 Å². The minimum absolute atomic E-state index is 0.203. The maximum atomic E-state index is 11.9. The third kappa shape index (κ3) is 4.23. The summed E-state index contributed by atoms with van der Waals surface area (Å²) < 4.78 is 5.35. The Morgan fingerprint density at radius 3 is 2.39 bits per heavy atom. The second-order valence-corrected chi connectivity index (χ2v) is 5.14. The molecule has 0 radical (unpaired) electrons. The number of rotatable bonds is 5. The number of benzene rings is 2. The van der Waals surface area contributed by atoms with Crippen molar-refractivity contribution >= 4 is 17.6 Å². The number of ether oxygens (including phenoxy) is 1. The third-order valence-corrected chi connectivity index (χ3v) is 3.21. The number of carboxylic acid groups (broad SMARTS) is 1. The van der Waals surface area contributed by atoms with E-state index < -0.39 is 11.9 Å². The van der Waals surface area contributed by atoms with Gasteiger partial charge in [-0.15, -0.1) is 0 Å². The molecule has 0 bridgehead atoms. The SMILES string of the molecule is Cc1ccc(OCC(=O)Nc2cc(C)c(O)c(C(=O)O)c2)cc1. The molecule has 2 aromatic carbocycles. The number of phenols is 1. The zero-order valence-corrected chi connectivity index (χ0v) is 12.8. The molecule has 0 saturated heterocycles. The Hall–Kier alpha value is -3.02. The van der Waals surface area contributed by atoms with Crippen LogP contribution in [0.2, 0.25) is 0 Å². The number of aromatic hydroxyl groups is 1. The molecule has 0 unspecified atom stereocenters. The molecule has 0 fully saturated rings. The van der Waals surface area contributed by atoms with Crippen molar-refractivity contribution in [1.29, 1.82) is 0 Å². The molecule has 0 aromatic heterocycles. The Morgan fingerprint density at radius 1 is 1.13 bits per heavy atom. The van der Waals surface area contributed by atoms with Gasteiger partial charge in [0.15, 0.2) is 6.61 Å². The van der Waals surface area contributed by atoms with Gasteiger partial charge >= 0.3 is 5.97 Å². The lowest BCUT2D eigenvalue weighted by Crippen LogP contribution is -2.20. The van der Waals surface area contributed by atoms with E-state index in [2.05, 4.69) is 5.32 Å². The summed E-state index contributed by atoms with van der Waals surface area (Å²) in [7, 11) is 0. The van der Waals surface area contributed by atoms with Gasteiger partial charge in [-0.2, -0.15) is 0 Å². The van der Waals surface area contributed by atoms with E-state index in [0.717, 1.165) is 5.56 Å². The molecule has 0 aliphatic heterocycles. The van der Waals surface area contributed by atoms with E-state index in [0.29, 0.717) is 11.3 Å². The smallest absolute Gasteiger partial charge is 0.339 e. The van der Waals surface area contributed by atoms with Crippen molar-refractivity contribution in [3.05, 3.63) is 53.1 Å². The first-order chi connectivity index (χ1) is 10.9. The van der Waals surface area contributed by atoms with E-state index >= 15 is 0 Å². The van der Waals surface area contributed by atoms with Gasteiger partial charge in [-0.1, -0.05) is 17.7 Å². The summed E-state index contributed by atoms with van der Waals surface area (Å²) in [6.45, 7) is 3.30. The molecule has 1 amide bonds. The largest absolute Gasteiger partial charge is 0.507 e. The van der Waals surface area contributed by atoms with E-state index in [1.165, 1.54) is 12.1 Å². The van der Waals surface area contributed by atoms with Crippen LogP contribution in [0.15, 0.2) is 36.4 Å². The van der Waals surface area contributed by atoms with Gasteiger partial charge in [-0.25, -0.2) is 4.79 Å². The molecule has 3 N–H and O–H groups in total. The fourth-order valence-electron chi connectivity index (χ4n) is 2.00. The molecular formula is C17H17NO5. The van der Waals surface area contributed by atoms with Gasteiger partial charge in [0.1, 0.15) is 17.1 Å². The Morgan fingerprint density at radius 2 is 1.78 bits per heavy atom. The molecule has 23 heavy (non-hydrogen) atoms. The number of aromatic carboxylic acids is 1. The highest BCUT2D eigenvalue weighted by Gasteiger charge is 2.14. The number of carboxylic acids is 1. The van der Waals surface area contributed by atoms with Crippen molar-refractivity contribution < 1.29 is 24.5 Å². The number of hydrogen-bond acceptors (Lipinski definition) is 4. The van der Waals surface area contributed by atoms with E-state index in [9.17, 15) is 14.7 Å². The van der Waals surface area contributed by atoms with Gasteiger partial charge in [0, 0.05) is 5.69 Å². The molecule has 0 spiro atoms. The molecule has 0 aliphatic carbocycles. The lowest BCUT2D eigenvalue weighted by molar-refractivity contribution is -0.118. The fourth-order valence-corrected chi connectivity index (χ4v) is 2.00. The number of carbonyl (C=O) groups excluding carboxylic acids is 1. The van der Waals surface area contributed by atoms with E-state index in [4.69, 9.17) is 9.84 Å². The number of carbonyl (C=O) groups is 2. The Labute approximate surface area is 133 Å². The first-order valence-electron chi connectivity index (χ1n) is 6.93. The zero-order valence-electron chi connectivity index (χ0n) is 12.8. The normalized spacial score (nSPS) is 10.2. The van der Waals surface area contributed by atoms with E-state index in [-0.39, 0.29) is 23.6 Å². The fraction of sp³-hybridized carbons (Fsp3) is 0.176. The van der Waals surface area contributed by atoms with Gasteiger partial charge in [-0.3, -0.25) is 4.79 Å².